The van der Waals surface area contributed by atoms with Gasteiger partial charge in [-0.05, 0) is 69.4 Å². The van der Waals surface area contributed by atoms with Crippen molar-refractivity contribution in [1.82, 2.24) is 10.2 Å². The maximum absolute atomic E-state index is 13.2. The Bertz CT molecular complexity index is 1120. The Labute approximate surface area is 221 Å². The van der Waals surface area contributed by atoms with Crippen LogP contribution in [0.5, 0.6) is 5.75 Å². The number of carbonyl (C=O) groups is 2. The Kier molecular flexibility index (Phi) is 8.64. The first-order valence-electron chi connectivity index (χ1n) is 11.7. The fraction of sp³-hybridized carbons (Fsp3) is 0.462. The number of aryl methyl sites for hydroxylation is 1. The summed E-state index contributed by atoms with van der Waals surface area (Å²) >= 11 is 18.5. The molecule has 2 N–H and O–H groups in total. The van der Waals surface area contributed by atoms with E-state index in [4.69, 9.17) is 39.5 Å². The summed E-state index contributed by atoms with van der Waals surface area (Å²) in [5.74, 6) is 0.396. The number of halogens is 3. The summed E-state index contributed by atoms with van der Waals surface area (Å²) in [6, 6.07) is 8.42. The van der Waals surface area contributed by atoms with Gasteiger partial charge in [-0.2, -0.15) is 0 Å². The molecule has 0 aromatic heterocycles. The number of carbonyl (C=O) groups excluding carboxylic acids is 2. The number of nitrogens with one attached hydrogen (secondary N) is 1. The minimum Gasteiger partial charge on any atom is -0.493 e. The number of rotatable bonds is 10. The SMILES string of the molecule is CCCc1cc(C(C)(C)O)ccc1OCCCCN1C(=O)NC(C)(c2ccc(Cl)c(Cl)c2Cl)C1=O. The van der Waals surface area contributed by atoms with Gasteiger partial charge < -0.3 is 15.2 Å². The summed E-state index contributed by atoms with van der Waals surface area (Å²) in [6.07, 6.45) is 3.03. The van der Waals surface area contributed by atoms with E-state index in [9.17, 15) is 14.7 Å². The van der Waals surface area contributed by atoms with Crippen LogP contribution < -0.4 is 10.1 Å². The van der Waals surface area contributed by atoms with Gasteiger partial charge in [0.15, 0.2) is 0 Å². The van der Waals surface area contributed by atoms with E-state index in [0.717, 1.165) is 29.7 Å². The number of ether oxygens (including phenoxy) is 1. The van der Waals surface area contributed by atoms with Crippen LogP contribution in [0.25, 0.3) is 0 Å². The van der Waals surface area contributed by atoms with Gasteiger partial charge in [-0.1, -0.05) is 60.3 Å². The lowest BCUT2D eigenvalue weighted by Crippen LogP contribution is -2.41. The Morgan fingerprint density at radius 3 is 2.46 bits per heavy atom. The van der Waals surface area contributed by atoms with Gasteiger partial charge in [-0.15, -0.1) is 0 Å². The summed E-state index contributed by atoms with van der Waals surface area (Å²) in [4.78, 5) is 26.9. The van der Waals surface area contributed by atoms with E-state index in [1.54, 1.807) is 32.9 Å². The summed E-state index contributed by atoms with van der Waals surface area (Å²) < 4.78 is 6.00. The molecule has 0 saturated carbocycles. The highest BCUT2D eigenvalue weighted by molar-refractivity contribution is 6.48. The Balaban J connectivity index is 1.59. The van der Waals surface area contributed by atoms with Crippen LogP contribution in [-0.2, 0) is 22.4 Å². The molecule has 2 aromatic rings. The van der Waals surface area contributed by atoms with Crippen LogP contribution >= 0.6 is 34.8 Å². The van der Waals surface area contributed by atoms with Gasteiger partial charge in [-0.25, -0.2) is 4.79 Å². The van der Waals surface area contributed by atoms with E-state index < -0.39 is 23.1 Å². The number of amides is 3. The molecule has 6 nitrogen and oxygen atoms in total. The van der Waals surface area contributed by atoms with Crippen LogP contribution in [0, 0.1) is 0 Å². The first kappa shape index (κ1) is 27.6. The molecule has 0 bridgehead atoms. The Morgan fingerprint density at radius 1 is 1.09 bits per heavy atom. The third-order valence-electron chi connectivity index (χ3n) is 6.17. The van der Waals surface area contributed by atoms with E-state index in [1.807, 2.05) is 18.2 Å². The highest BCUT2D eigenvalue weighted by Gasteiger charge is 2.49. The molecule has 1 aliphatic heterocycles. The van der Waals surface area contributed by atoms with Crippen molar-refractivity contribution in [3.63, 3.8) is 0 Å². The smallest absolute Gasteiger partial charge is 0.325 e. The van der Waals surface area contributed by atoms with Crippen molar-refractivity contribution in [3.05, 3.63) is 62.1 Å². The van der Waals surface area contributed by atoms with Crippen LogP contribution in [0.2, 0.25) is 15.1 Å². The highest BCUT2D eigenvalue weighted by Crippen LogP contribution is 2.40. The van der Waals surface area contributed by atoms with Crippen molar-refractivity contribution in [1.29, 1.82) is 0 Å². The number of hydrogen-bond acceptors (Lipinski definition) is 4. The van der Waals surface area contributed by atoms with E-state index in [2.05, 4.69) is 12.2 Å². The summed E-state index contributed by atoms with van der Waals surface area (Å²) in [5.41, 5.74) is 0.0546. The fourth-order valence-electron chi connectivity index (χ4n) is 4.11. The van der Waals surface area contributed by atoms with E-state index >= 15 is 0 Å². The number of nitrogens with zero attached hydrogens (tertiary/aromatic N) is 1. The zero-order valence-corrected chi connectivity index (χ0v) is 22.7. The standard InChI is InChI=1S/C26H31Cl3N2O4/c1-5-8-16-15-17(25(2,3)34)9-12-20(16)35-14-7-6-13-31-23(32)26(4,30-24(31)33)18-10-11-19(27)22(29)21(18)28/h9-12,15,34H,5-8,13-14H2,1-4H3,(H,30,33). The van der Waals surface area contributed by atoms with Crippen LogP contribution in [0.3, 0.4) is 0 Å². The number of benzene rings is 2. The molecule has 1 unspecified atom stereocenters. The number of unbranched alkanes of at least 4 members (excludes halogenated alkanes) is 1. The van der Waals surface area contributed by atoms with Crippen molar-refractivity contribution in [2.75, 3.05) is 13.2 Å². The van der Waals surface area contributed by atoms with Crippen molar-refractivity contribution < 1.29 is 19.4 Å². The number of imide groups is 1. The lowest BCUT2D eigenvalue weighted by Gasteiger charge is -2.24. The Hall–Kier alpha value is -1.99. The molecule has 35 heavy (non-hydrogen) atoms. The van der Waals surface area contributed by atoms with Crippen LogP contribution in [0.15, 0.2) is 30.3 Å². The molecule has 9 heteroatoms. The van der Waals surface area contributed by atoms with Gasteiger partial charge in [0.2, 0.25) is 0 Å². The number of urea groups is 1. The summed E-state index contributed by atoms with van der Waals surface area (Å²) in [5, 5.41) is 13.6. The summed E-state index contributed by atoms with van der Waals surface area (Å²) in [7, 11) is 0. The minimum absolute atomic E-state index is 0.141. The quantitative estimate of drug-likeness (QED) is 0.206. The number of hydrogen-bond donors (Lipinski definition) is 2. The van der Waals surface area contributed by atoms with Crippen LogP contribution in [0.1, 0.15) is 63.6 Å². The first-order valence-corrected chi connectivity index (χ1v) is 12.8. The molecule has 1 fully saturated rings. The second-order valence-corrected chi connectivity index (χ2v) is 10.6. The Morgan fingerprint density at radius 2 is 1.80 bits per heavy atom. The predicted octanol–water partition coefficient (Wildman–Crippen LogP) is 6.45. The van der Waals surface area contributed by atoms with Crippen molar-refractivity contribution >= 4 is 46.7 Å². The van der Waals surface area contributed by atoms with Gasteiger partial charge in [-0.3, -0.25) is 9.69 Å². The molecule has 0 aliphatic carbocycles. The van der Waals surface area contributed by atoms with Crippen LogP contribution in [0.4, 0.5) is 4.79 Å². The average Bonchev–Trinajstić information content (AvgIpc) is 3.00. The first-order chi connectivity index (χ1) is 16.4. The third kappa shape index (κ3) is 5.88. The van der Waals surface area contributed by atoms with Crippen molar-refractivity contribution in [2.45, 2.75) is 64.5 Å². The molecule has 3 rings (SSSR count). The largest absolute Gasteiger partial charge is 0.493 e. The normalized spacial score (nSPS) is 18.2. The average molecular weight is 542 g/mol. The molecular weight excluding hydrogens is 511 g/mol. The highest BCUT2D eigenvalue weighted by atomic mass is 35.5. The monoisotopic (exact) mass is 540 g/mol. The maximum atomic E-state index is 13.2. The second kappa shape index (κ2) is 11.0. The van der Waals surface area contributed by atoms with Crippen molar-refractivity contribution in [3.8, 4) is 5.75 Å². The molecule has 1 heterocycles. The second-order valence-electron chi connectivity index (χ2n) is 9.42. The lowest BCUT2D eigenvalue weighted by molar-refractivity contribution is -0.131. The molecule has 3 amide bonds. The minimum atomic E-state index is -1.32. The number of aliphatic hydroxyl groups is 1. The summed E-state index contributed by atoms with van der Waals surface area (Å²) in [6.45, 7) is 7.91. The molecule has 1 aliphatic rings. The molecule has 190 valence electrons. The molecule has 0 radical (unpaired) electrons. The zero-order chi connectivity index (χ0) is 26.0. The third-order valence-corrected chi connectivity index (χ3v) is 7.46. The molecule has 2 aromatic carbocycles. The molecular formula is C26H31Cl3N2O4. The van der Waals surface area contributed by atoms with Gasteiger partial charge in [0.1, 0.15) is 11.3 Å². The van der Waals surface area contributed by atoms with Crippen LogP contribution in [-0.4, -0.2) is 35.1 Å². The van der Waals surface area contributed by atoms with E-state index in [0.29, 0.717) is 25.0 Å². The predicted molar refractivity (Wildman–Crippen MR) is 139 cm³/mol. The fourth-order valence-corrected chi connectivity index (χ4v) is 4.84. The molecule has 1 atom stereocenters. The van der Waals surface area contributed by atoms with Gasteiger partial charge >= 0.3 is 6.03 Å². The van der Waals surface area contributed by atoms with Crippen molar-refractivity contribution in [2.24, 2.45) is 0 Å². The van der Waals surface area contributed by atoms with Gasteiger partial charge in [0, 0.05) is 12.1 Å². The zero-order valence-electron chi connectivity index (χ0n) is 20.4. The molecule has 1 saturated heterocycles. The van der Waals surface area contributed by atoms with E-state index in [1.165, 1.54) is 4.90 Å². The van der Waals surface area contributed by atoms with E-state index in [-0.39, 0.29) is 21.6 Å². The lowest BCUT2D eigenvalue weighted by atomic mass is 9.92. The molecule has 0 spiro atoms. The van der Waals surface area contributed by atoms with Gasteiger partial charge in [0.05, 0.1) is 27.3 Å². The maximum Gasteiger partial charge on any atom is 0.325 e. The topological polar surface area (TPSA) is 78.9 Å². The van der Waals surface area contributed by atoms with Gasteiger partial charge in [0.25, 0.3) is 5.91 Å².